The maximum Gasteiger partial charge on any atom is 0.0558 e. The van der Waals surface area contributed by atoms with E-state index in [-0.39, 0.29) is 19.8 Å². The summed E-state index contributed by atoms with van der Waals surface area (Å²) in [5.41, 5.74) is 0. The van der Waals surface area contributed by atoms with E-state index in [1.807, 2.05) is 7.05 Å². The highest BCUT2D eigenvalue weighted by atomic mass is 16.3. The van der Waals surface area contributed by atoms with E-state index in [1.165, 1.54) is 0 Å². The van der Waals surface area contributed by atoms with Crippen LogP contribution in [-0.4, -0.2) is 78.3 Å². The molecule has 0 aromatic heterocycles. The lowest BCUT2D eigenvalue weighted by atomic mass is 10.4. The van der Waals surface area contributed by atoms with E-state index in [1.54, 1.807) is 0 Å². The minimum absolute atomic E-state index is 0.138. The van der Waals surface area contributed by atoms with Crippen LogP contribution in [0.3, 0.4) is 0 Å². The minimum Gasteiger partial charge on any atom is -0.396 e. The molecule has 0 heterocycles. The Kier molecular flexibility index (Phi) is 10.2. The molecule has 0 saturated carbocycles. The number of rotatable bonds is 10. The predicted octanol–water partition coefficient (Wildman–Crippen LogP) is -1.07. The van der Waals surface area contributed by atoms with Gasteiger partial charge in [-0.15, -0.1) is 0 Å². The van der Waals surface area contributed by atoms with Crippen LogP contribution < -0.4 is 0 Å². The molecule has 0 aromatic rings. The Morgan fingerprint density at radius 1 is 0.800 bits per heavy atom. The molecule has 5 nitrogen and oxygen atoms in total. The fourth-order valence-electron chi connectivity index (χ4n) is 1.44. The first-order chi connectivity index (χ1) is 7.24. The molecule has 92 valence electrons. The topological polar surface area (TPSA) is 67.2 Å². The zero-order valence-electron chi connectivity index (χ0n) is 9.60. The van der Waals surface area contributed by atoms with Gasteiger partial charge in [0, 0.05) is 32.8 Å². The molecule has 0 bridgehead atoms. The third kappa shape index (κ3) is 8.77. The number of hydrogen-bond donors (Lipinski definition) is 3. The Balaban J connectivity index is 3.70. The molecular formula is C10H24N2O3. The van der Waals surface area contributed by atoms with Gasteiger partial charge in [-0.2, -0.15) is 0 Å². The molecule has 0 aromatic carbocycles. The average molecular weight is 220 g/mol. The standard InChI is InChI=1S/C10H24N2O3/c1-11(4-2-7-13)10-12(6-9-15)5-3-8-14/h13-15H,2-10H2,1H3. The summed E-state index contributed by atoms with van der Waals surface area (Å²) in [5.74, 6) is 0. The van der Waals surface area contributed by atoms with Crippen LogP contribution in [0.5, 0.6) is 0 Å². The van der Waals surface area contributed by atoms with E-state index >= 15 is 0 Å². The van der Waals surface area contributed by atoms with Crippen molar-refractivity contribution in [3.05, 3.63) is 0 Å². The molecular weight excluding hydrogens is 196 g/mol. The van der Waals surface area contributed by atoms with Gasteiger partial charge in [-0.25, -0.2) is 0 Å². The normalized spacial score (nSPS) is 11.6. The molecule has 0 aliphatic heterocycles. The Hall–Kier alpha value is -0.200. The van der Waals surface area contributed by atoms with Gasteiger partial charge in [-0.3, -0.25) is 9.80 Å². The largest absolute Gasteiger partial charge is 0.396 e. The van der Waals surface area contributed by atoms with Gasteiger partial charge < -0.3 is 15.3 Å². The predicted molar refractivity (Wildman–Crippen MR) is 59.6 cm³/mol. The minimum atomic E-state index is 0.138. The van der Waals surface area contributed by atoms with Gasteiger partial charge in [0.15, 0.2) is 0 Å². The molecule has 0 rings (SSSR count). The van der Waals surface area contributed by atoms with Crippen molar-refractivity contribution in [1.82, 2.24) is 9.80 Å². The molecule has 0 amide bonds. The Labute approximate surface area is 91.9 Å². The van der Waals surface area contributed by atoms with Gasteiger partial charge in [0.25, 0.3) is 0 Å². The quantitative estimate of drug-likeness (QED) is 0.409. The highest BCUT2D eigenvalue weighted by Crippen LogP contribution is 1.95. The smallest absolute Gasteiger partial charge is 0.0558 e. The fourth-order valence-corrected chi connectivity index (χ4v) is 1.44. The van der Waals surface area contributed by atoms with E-state index in [4.69, 9.17) is 15.3 Å². The van der Waals surface area contributed by atoms with E-state index in [9.17, 15) is 0 Å². The number of aliphatic hydroxyl groups excluding tert-OH is 3. The highest BCUT2D eigenvalue weighted by molar-refractivity contribution is 4.58. The maximum absolute atomic E-state index is 8.86. The summed E-state index contributed by atoms with van der Waals surface area (Å²) in [6.07, 6.45) is 1.50. The van der Waals surface area contributed by atoms with Gasteiger partial charge in [0.1, 0.15) is 0 Å². The number of hydrogen-bond acceptors (Lipinski definition) is 5. The van der Waals surface area contributed by atoms with Crippen molar-refractivity contribution in [2.75, 3.05) is 53.2 Å². The molecule has 0 aliphatic carbocycles. The van der Waals surface area contributed by atoms with Gasteiger partial charge in [-0.05, 0) is 19.9 Å². The van der Waals surface area contributed by atoms with Crippen LogP contribution in [0.15, 0.2) is 0 Å². The molecule has 0 unspecified atom stereocenters. The SMILES string of the molecule is CN(CCCO)CN(CCO)CCCO. The zero-order chi connectivity index (χ0) is 11.5. The van der Waals surface area contributed by atoms with Gasteiger partial charge in [0.05, 0.1) is 13.3 Å². The first-order valence-electron chi connectivity index (χ1n) is 5.48. The fraction of sp³-hybridized carbons (Fsp3) is 1.00. The third-order valence-corrected chi connectivity index (χ3v) is 2.19. The second-order valence-corrected chi connectivity index (χ2v) is 3.72. The lowest BCUT2D eigenvalue weighted by molar-refractivity contribution is 0.113. The third-order valence-electron chi connectivity index (χ3n) is 2.19. The van der Waals surface area contributed by atoms with Crippen molar-refractivity contribution in [1.29, 1.82) is 0 Å². The van der Waals surface area contributed by atoms with Crippen molar-refractivity contribution in [2.24, 2.45) is 0 Å². The van der Waals surface area contributed by atoms with Crippen LogP contribution in [0.4, 0.5) is 0 Å². The summed E-state index contributed by atoms with van der Waals surface area (Å²) in [7, 11) is 1.99. The van der Waals surface area contributed by atoms with Crippen LogP contribution in [0.2, 0.25) is 0 Å². The molecule has 0 atom stereocenters. The van der Waals surface area contributed by atoms with Crippen molar-refractivity contribution in [3.63, 3.8) is 0 Å². The first kappa shape index (κ1) is 14.8. The zero-order valence-corrected chi connectivity index (χ0v) is 9.60. The molecule has 0 fully saturated rings. The molecule has 5 heteroatoms. The monoisotopic (exact) mass is 220 g/mol. The molecule has 0 spiro atoms. The van der Waals surface area contributed by atoms with Crippen molar-refractivity contribution < 1.29 is 15.3 Å². The first-order valence-corrected chi connectivity index (χ1v) is 5.48. The Morgan fingerprint density at radius 2 is 1.40 bits per heavy atom. The molecule has 15 heavy (non-hydrogen) atoms. The van der Waals surface area contributed by atoms with Crippen LogP contribution in [0, 0.1) is 0 Å². The van der Waals surface area contributed by atoms with Crippen LogP contribution in [-0.2, 0) is 0 Å². The highest BCUT2D eigenvalue weighted by Gasteiger charge is 2.06. The summed E-state index contributed by atoms with van der Waals surface area (Å²) in [6.45, 7) is 3.56. The van der Waals surface area contributed by atoms with Crippen molar-refractivity contribution in [2.45, 2.75) is 12.8 Å². The second kappa shape index (κ2) is 10.3. The lowest BCUT2D eigenvalue weighted by Gasteiger charge is -2.27. The van der Waals surface area contributed by atoms with E-state index < -0.39 is 0 Å². The van der Waals surface area contributed by atoms with E-state index in [0.717, 1.165) is 32.6 Å². The Bertz CT molecular complexity index is 136. The van der Waals surface area contributed by atoms with Crippen LogP contribution in [0.25, 0.3) is 0 Å². The average Bonchev–Trinajstić information content (AvgIpc) is 2.23. The van der Waals surface area contributed by atoms with Gasteiger partial charge in [0.2, 0.25) is 0 Å². The maximum atomic E-state index is 8.86. The second-order valence-electron chi connectivity index (χ2n) is 3.72. The van der Waals surface area contributed by atoms with Crippen molar-refractivity contribution >= 4 is 0 Å². The van der Waals surface area contributed by atoms with Crippen LogP contribution >= 0.6 is 0 Å². The summed E-state index contributed by atoms with van der Waals surface area (Å²) < 4.78 is 0. The van der Waals surface area contributed by atoms with Gasteiger partial charge in [-0.1, -0.05) is 0 Å². The molecule has 0 radical (unpaired) electrons. The number of aliphatic hydroxyl groups is 3. The van der Waals surface area contributed by atoms with Crippen LogP contribution in [0.1, 0.15) is 12.8 Å². The lowest BCUT2D eigenvalue weighted by Crippen LogP contribution is -2.38. The molecule has 0 aliphatic rings. The summed E-state index contributed by atoms with van der Waals surface area (Å²) >= 11 is 0. The van der Waals surface area contributed by atoms with Crippen molar-refractivity contribution in [3.8, 4) is 0 Å². The summed E-state index contributed by atoms with van der Waals surface area (Å²) in [4.78, 5) is 4.19. The molecule has 3 N–H and O–H groups in total. The molecule has 0 saturated heterocycles. The van der Waals surface area contributed by atoms with E-state index in [2.05, 4.69) is 9.80 Å². The van der Waals surface area contributed by atoms with Gasteiger partial charge >= 0.3 is 0 Å². The number of nitrogens with zero attached hydrogens (tertiary/aromatic N) is 2. The summed E-state index contributed by atoms with van der Waals surface area (Å²) in [5, 5.41) is 26.3. The van der Waals surface area contributed by atoms with E-state index in [0.29, 0.717) is 6.54 Å². The summed E-state index contributed by atoms with van der Waals surface area (Å²) in [6, 6.07) is 0. The Morgan fingerprint density at radius 3 is 1.93 bits per heavy atom.